The number of carbonyl (C=O) groups is 4. The zero-order chi connectivity index (χ0) is 24.4. The molecule has 0 unspecified atom stereocenters. The van der Waals surface area contributed by atoms with Crippen molar-refractivity contribution in [1.82, 2.24) is 20.6 Å². The molecule has 0 fully saturated rings. The number of carboxylic acids is 2. The number of rotatable bonds is 14. The van der Waals surface area contributed by atoms with Crippen LogP contribution < -0.4 is 20.5 Å². The second kappa shape index (κ2) is 12.4. The fourth-order valence-corrected chi connectivity index (χ4v) is 3.44. The van der Waals surface area contributed by atoms with Gasteiger partial charge in [-0.2, -0.15) is 0 Å². The van der Waals surface area contributed by atoms with Crippen molar-refractivity contribution in [3.8, 4) is 0 Å². The molecule has 0 saturated heterocycles. The van der Waals surface area contributed by atoms with Gasteiger partial charge in [0.1, 0.15) is 17.6 Å². The Labute approximate surface area is 190 Å². The Morgan fingerprint density at radius 1 is 1.00 bits per heavy atom. The Balaban J connectivity index is 1.87. The molecule has 2 atom stereocenters. The van der Waals surface area contributed by atoms with Crippen LogP contribution in [0.4, 0.5) is 5.95 Å². The van der Waals surface area contributed by atoms with E-state index in [0.29, 0.717) is 44.7 Å². The molecule has 2 rings (SSSR count). The fraction of sp³-hybridized carbons (Fsp3) is 0.524. The van der Waals surface area contributed by atoms with Crippen LogP contribution in [0.1, 0.15) is 46.0 Å². The number of pyridine rings is 1. The predicted molar refractivity (Wildman–Crippen MR) is 118 cm³/mol. The number of anilines is 1. The summed E-state index contributed by atoms with van der Waals surface area (Å²) in [4.78, 5) is 52.3. The Bertz CT molecular complexity index is 991. The second-order valence-electron chi connectivity index (χ2n) is 7.77. The summed E-state index contributed by atoms with van der Waals surface area (Å²) in [6, 6.07) is 1.95. The molecule has 0 radical (unpaired) electrons. The van der Waals surface area contributed by atoms with Gasteiger partial charge in [-0.1, -0.05) is 0 Å². The Morgan fingerprint density at radius 3 is 2.18 bits per heavy atom. The van der Waals surface area contributed by atoms with E-state index in [0.717, 1.165) is 11.2 Å². The van der Waals surface area contributed by atoms with Crippen molar-refractivity contribution < 1.29 is 34.0 Å². The van der Waals surface area contributed by atoms with Gasteiger partial charge in [0, 0.05) is 20.4 Å². The minimum absolute atomic E-state index is 0.290. The highest BCUT2D eigenvalue weighted by Crippen LogP contribution is 2.11. The fourth-order valence-electron chi connectivity index (χ4n) is 3.44. The number of unbranched alkanes of at least 4 members (excludes halogenated alkanes) is 1. The van der Waals surface area contributed by atoms with Crippen LogP contribution in [0.2, 0.25) is 0 Å². The minimum atomic E-state index is -1.07. The molecule has 12 nitrogen and oxygen atoms in total. The Morgan fingerprint density at radius 2 is 1.61 bits per heavy atom. The van der Waals surface area contributed by atoms with Crippen LogP contribution in [-0.2, 0) is 25.7 Å². The number of H-pyrrole nitrogens is 1. The summed E-state index contributed by atoms with van der Waals surface area (Å²) in [5.74, 6) is -2.32. The third kappa shape index (κ3) is 8.39. The van der Waals surface area contributed by atoms with Crippen LogP contribution in [0.15, 0.2) is 18.3 Å². The van der Waals surface area contributed by atoms with Gasteiger partial charge in [-0.15, -0.1) is 0 Å². The van der Waals surface area contributed by atoms with Crippen LogP contribution in [0, 0.1) is 0 Å². The third-order valence-corrected chi connectivity index (χ3v) is 4.97. The maximum Gasteiger partial charge on any atom is 0.351 e. The van der Waals surface area contributed by atoms with Crippen LogP contribution >= 0.6 is 0 Å². The van der Waals surface area contributed by atoms with Crippen molar-refractivity contribution in [3.05, 3.63) is 18.3 Å². The monoisotopic (exact) mass is 463 g/mol. The number of hydrogen-bond acceptors (Lipinski definition) is 6. The second-order valence-corrected chi connectivity index (χ2v) is 7.77. The summed E-state index contributed by atoms with van der Waals surface area (Å²) in [5.41, 5.74) is 1.56. The quantitative estimate of drug-likeness (QED) is 0.172. The number of hydrogen-bond donors (Lipinski definition) is 6. The number of amides is 2. The molecule has 0 aliphatic carbocycles. The number of imidazole rings is 1. The van der Waals surface area contributed by atoms with Gasteiger partial charge in [-0.25, -0.2) is 14.2 Å². The molecule has 2 heterocycles. The van der Waals surface area contributed by atoms with Gasteiger partial charge in [-0.3, -0.25) is 14.6 Å². The van der Waals surface area contributed by atoms with E-state index in [1.807, 2.05) is 22.9 Å². The summed E-state index contributed by atoms with van der Waals surface area (Å²) in [6.07, 6.45) is 4.37. The van der Waals surface area contributed by atoms with E-state index in [2.05, 4.69) is 25.9 Å². The number of aliphatic carboxylic acids is 2. The lowest BCUT2D eigenvalue weighted by molar-refractivity contribution is -0.673. The number of aromatic nitrogens is 3. The first kappa shape index (κ1) is 25.6. The number of nitrogens with one attached hydrogen (secondary N) is 4. The van der Waals surface area contributed by atoms with Crippen molar-refractivity contribution in [2.45, 2.75) is 64.6 Å². The zero-order valence-electron chi connectivity index (χ0n) is 18.8. The van der Waals surface area contributed by atoms with Crippen molar-refractivity contribution in [3.63, 3.8) is 0 Å². The van der Waals surface area contributed by atoms with Crippen molar-refractivity contribution >= 4 is 40.9 Å². The molecule has 0 spiro atoms. The molecule has 12 heteroatoms. The van der Waals surface area contributed by atoms with Crippen molar-refractivity contribution in [2.24, 2.45) is 0 Å². The maximum absolute atomic E-state index is 11.2. The molecule has 2 aromatic rings. The lowest BCUT2D eigenvalue weighted by Gasteiger charge is -2.12. The average molecular weight is 464 g/mol. The van der Waals surface area contributed by atoms with Gasteiger partial charge in [0.2, 0.25) is 11.8 Å². The van der Waals surface area contributed by atoms with Gasteiger partial charge < -0.3 is 26.2 Å². The zero-order valence-corrected chi connectivity index (χ0v) is 18.8. The van der Waals surface area contributed by atoms with Gasteiger partial charge in [0.05, 0.1) is 12.7 Å². The molecule has 0 aliphatic heterocycles. The summed E-state index contributed by atoms with van der Waals surface area (Å²) < 4.78 is 1.96. The van der Waals surface area contributed by atoms with Crippen LogP contribution in [0.3, 0.4) is 0 Å². The summed E-state index contributed by atoms with van der Waals surface area (Å²) in [7, 11) is 0. The van der Waals surface area contributed by atoms with E-state index < -0.39 is 24.0 Å². The highest BCUT2D eigenvalue weighted by molar-refractivity contribution is 5.82. The van der Waals surface area contributed by atoms with Crippen molar-refractivity contribution in [2.75, 3.05) is 11.9 Å². The molecule has 0 aliphatic rings. The number of nitrogens with zero attached hydrogens (tertiary/aromatic N) is 2. The molecule has 0 bridgehead atoms. The SMILES string of the molecule is CC(=O)N[C@@H](CCCC[n+]1cccc2[nH]c(NCCC[C@H](NC(C)=O)C(=O)O)nc21)C(=O)O. The number of carbonyl (C=O) groups excluding carboxylic acids is 2. The first-order chi connectivity index (χ1) is 15.7. The normalized spacial score (nSPS) is 12.7. The van der Waals surface area contributed by atoms with E-state index in [4.69, 9.17) is 5.11 Å². The van der Waals surface area contributed by atoms with E-state index in [9.17, 15) is 24.3 Å². The molecule has 2 aromatic heterocycles. The van der Waals surface area contributed by atoms with Crippen molar-refractivity contribution in [1.29, 1.82) is 0 Å². The largest absolute Gasteiger partial charge is 0.480 e. The van der Waals surface area contributed by atoms with Crippen LogP contribution in [0.25, 0.3) is 11.2 Å². The summed E-state index contributed by atoms with van der Waals surface area (Å²) >= 11 is 0. The molecule has 33 heavy (non-hydrogen) atoms. The lowest BCUT2D eigenvalue weighted by atomic mass is 10.1. The minimum Gasteiger partial charge on any atom is -0.480 e. The third-order valence-electron chi connectivity index (χ3n) is 4.97. The molecular formula is C21H31N6O6+. The Kier molecular flexibility index (Phi) is 9.58. The molecule has 0 saturated carbocycles. The lowest BCUT2D eigenvalue weighted by Crippen LogP contribution is -2.40. The van der Waals surface area contributed by atoms with Crippen LogP contribution in [-0.4, -0.2) is 62.6 Å². The highest BCUT2D eigenvalue weighted by atomic mass is 16.4. The number of aromatic amines is 1. The summed E-state index contributed by atoms with van der Waals surface area (Å²) in [6.45, 7) is 3.68. The van der Waals surface area contributed by atoms with Gasteiger partial charge >= 0.3 is 23.5 Å². The summed E-state index contributed by atoms with van der Waals surface area (Å²) in [5, 5.41) is 26.3. The number of fused-ring (bicyclic) bond motifs is 1. The average Bonchev–Trinajstić information content (AvgIpc) is 3.15. The number of aryl methyl sites for hydroxylation is 1. The van der Waals surface area contributed by atoms with Crippen LogP contribution in [0.5, 0.6) is 0 Å². The van der Waals surface area contributed by atoms with E-state index >= 15 is 0 Å². The molecular weight excluding hydrogens is 432 g/mol. The van der Waals surface area contributed by atoms with E-state index in [1.54, 1.807) is 0 Å². The molecule has 6 N–H and O–H groups in total. The Hall–Kier alpha value is -3.70. The van der Waals surface area contributed by atoms with E-state index in [-0.39, 0.29) is 18.2 Å². The van der Waals surface area contributed by atoms with Gasteiger partial charge in [0.15, 0.2) is 0 Å². The van der Waals surface area contributed by atoms with Gasteiger partial charge in [-0.05, 0) is 49.2 Å². The first-order valence-corrected chi connectivity index (χ1v) is 10.8. The standard InChI is InChI=1S/C21H30N6O6/c1-13(28)23-16(19(30)31)7-3-4-11-27-12-6-9-15-18(27)26-21(25-15)22-10-5-8-17(20(32)33)24-14(2)29/h6,9,12,16-17H,3-5,7-8,10-11H2,1-2H3,(H5,22,23,24,25,28,29,30,31,32,33)/p+1/t16-,17-/m0/s1. The first-order valence-electron chi connectivity index (χ1n) is 10.8. The highest BCUT2D eigenvalue weighted by Gasteiger charge is 2.20. The molecule has 180 valence electrons. The smallest absolute Gasteiger partial charge is 0.351 e. The van der Waals surface area contributed by atoms with E-state index in [1.165, 1.54) is 13.8 Å². The number of carboxylic acid groups (broad SMARTS) is 2. The molecule has 0 aromatic carbocycles. The predicted octanol–water partition coefficient (Wildman–Crippen LogP) is 0.391. The maximum atomic E-state index is 11.2. The van der Waals surface area contributed by atoms with Gasteiger partial charge in [0.25, 0.3) is 0 Å². The topological polar surface area (TPSA) is 177 Å². The molecule has 2 amide bonds.